The monoisotopic (exact) mass is 343 g/mol. The van der Waals surface area contributed by atoms with Crippen molar-refractivity contribution in [2.45, 2.75) is 25.0 Å². The van der Waals surface area contributed by atoms with Crippen molar-refractivity contribution in [3.63, 3.8) is 0 Å². The third-order valence-corrected chi connectivity index (χ3v) is 4.55. The highest BCUT2D eigenvalue weighted by atomic mass is 16.7. The van der Waals surface area contributed by atoms with Gasteiger partial charge in [0.1, 0.15) is 0 Å². The highest BCUT2D eigenvalue weighted by molar-refractivity contribution is 5.56. The van der Waals surface area contributed by atoms with Crippen LogP contribution in [0.15, 0.2) is 36.5 Å². The van der Waals surface area contributed by atoms with Gasteiger partial charge >= 0.3 is 5.69 Å². The molecule has 0 radical (unpaired) electrons. The lowest BCUT2D eigenvalue weighted by molar-refractivity contribution is -0.384. The van der Waals surface area contributed by atoms with Gasteiger partial charge in [0.25, 0.3) is 0 Å². The first-order valence-corrected chi connectivity index (χ1v) is 7.95. The number of rotatable bonds is 4. The fourth-order valence-corrected chi connectivity index (χ4v) is 3.24. The second kappa shape index (κ2) is 5.89. The molecule has 25 heavy (non-hydrogen) atoms. The SMILES string of the molecule is CC1(c2ccc3c(c2)OCO3)CC(Nc2ncccc2[N+](=O)[O-])CO1. The van der Waals surface area contributed by atoms with Crippen LogP contribution in [0.5, 0.6) is 11.5 Å². The van der Waals surface area contributed by atoms with Gasteiger partial charge in [-0.15, -0.1) is 0 Å². The average molecular weight is 343 g/mol. The first-order chi connectivity index (χ1) is 12.0. The molecule has 1 saturated heterocycles. The van der Waals surface area contributed by atoms with Crippen LogP contribution in [0, 0.1) is 10.1 Å². The molecule has 0 aliphatic carbocycles. The van der Waals surface area contributed by atoms with Crippen LogP contribution in [0.1, 0.15) is 18.9 Å². The summed E-state index contributed by atoms with van der Waals surface area (Å²) in [5.41, 5.74) is 0.429. The summed E-state index contributed by atoms with van der Waals surface area (Å²) in [6.07, 6.45) is 2.18. The molecule has 8 heteroatoms. The number of nitrogens with one attached hydrogen (secondary N) is 1. The number of pyridine rings is 1. The average Bonchev–Trinajstić information content (AvgIpc) is 3.22. The number of hydrogen-bond acceptors (Lipinski definition) is 7. The molecule has 0 amide bonds. The number of nitrogens with zero attached hydrogens (tertiary/aromatic N) is 2. The summed E-state index contributed by atoms with van der Waals surface area (Å²) in [5, 5.41) is 14.3. The van der Waals surface area contributed by atoms with Gasteiger partial charge in [0.05, 0.1) is 23.2 Å². The molecule has 2 atom stereocenters. The molecule has 130 valence electrons. The molecule has 4 rings (SSSR count). The summed E-state index contributed by atoms with van der Waals surface area (Å²) in [4.78, 5) is 14.8. The van der Waals surface area contributed by atoms with E-state index in [0.717, 1.165) is 11.3 Å². The van der Waals surface area contributed by atoms with Crippen LogP contribution in [0.4, 0.5) is 11.5 Å². The van der Waals surface area contributed by atoms with Gasteiger partial charge in [-0.05, 0) is 30.7 Å². The zero-order chi connectivity index (χ0) is 17.4. The largest absolute Gasteiger partial charge is 0.454 e. The van der Waals surface area contributed by atoms with E-state index in [2.05, 4.69) is 10.3 Å². The molecule has 1 N–H and O–H groups in total. The van der Waals surface area contributed by atoms with Gasteiger partial charge < -0.3 is 19.5 Å². The molecule has 2 aliphatic rings. The molecule has 1 aromatic carbocycles. The van der Waals surface area contributed by atoms with Gasteiger partial charge in [-0.3, -0.25) is 10.1 Å². The minimum atomic E-state index is -0.512. The van der Waals surface area contributed by atoms with E-state index in [1.54, 1.807) is 6.07 Å². The fraction of sp³-hybridized carbons (Fsp3) is 0.353. The highest BCUT2D eigenvalue weighted by Gasteiger charge is 2.39. The van der Waals surface area contributed by atoms with Crippen molar-refractivity contribution >= 4 is 11.5 Å². The molecular weight excluding hydrogens is 326 g/mol. The number of benzene rings is 1. The summed E-state index contributed by atoms with van der Waals surface area (Å²) in [5.74, 6) is 1.69. The van der Waals surface area contributed by atoms with E-state index in [-0.39, 0.29) is 24.3 Å². The fourth-order valence-electron chi connectivity index (χ4n) is 3.24. The Balaban J connectivity index is 1.52. The van der Waals surface area contributed by atoms with Crippen molar-refractivity contribution in [3.8, 4) is 11.5 Å². The smallest absolute Gasteiger partial charge is 0.311 e. The van der Waals surface area contributed by atoms with Crippen LogP contribution in [0.3, 0.4) is 0 Å². The summed E-state index contributed by atoms with van der Waals surface area (Å²) in [7, 11) is 0. The molecule has 8 nitrogen and oxygen atoms in total. The predicted octanol–water partition coefficient (Wildman–Crippen LogP) is 2.83. The number of ether oxygens (including phenoxy) is 3. The molecule has 2 aliphatic heterocycles. The van der Waals surface area contributed by atoms with Crippen molar-refractivity contribution in [1.29, 1.82) is 0 Å². The van der Waals surface area contributed by atoms with Crippen LogP contribution < -0.4 is 14.8 Å². The zero-order valence-corrected chi connectivity index (χ0v) is 13.6. The Morgan fingerprint density at radius 2 is 2.16 bits per heavy atom. The Labute approximate surface area is 143 Å². The van der Waals surface area contributed by atoms with Crippen molar-refractivity contribution < 1.29 is 19.1 Å². The molecule has 0 spiro atoms. The molecule has 0 saturated carbocycles. The Morgan fingerprint density at radius 3 is 3.00 bits per heavy atom. The van der Waals surface area contributed by atoms with Crippen LogP contribution in [0.2, 0.25) is 0 Å². The Kier molecular flexibility index (Phi) is 3.69. The Morgan fingerprint density at radius 1 is 1.32 bits per heavy atom. The third-order valence-electron chi connectivity index (χ3n) is 4.55. The molecule has 1 aromatic heterocycles. The van der Waals surface area contributed by atoms with Crippen LogP contribution >= 0.6 is 0 Å². The summed E-state index contributed by atoms with van der Waals surface area (Å²) in [6, 6.07) is 8.65. The number of nitro groups is 1. The van der Waals surface area contributed by atoms with E-state index in [0.29, 0.717) is 18.8 Å². The molecule has 2 aromatic rings. The number of hydrogen-bond donors (Lipinski definition) is 1. The lowest BCUT2D eigenvalue weighted by atomic mass is 9.91. The maximum Gasteiger partial charge on any atom is 0.311 e. The molecule has 2 unspecified atom stereocenters. The van der Waals surface area contributed by atoms with Crippen LogP contribution in [-0.4, -0.2) is 29.3 Å². The van der Waals surface area contributed by atoms with E-state index < -0.39 is 10.5 Å². The quantitative estimate of drug-likeness (QED) is 0.673. The molecule has 1 fully saturated rings. The van der Waals surface area contributed by atoms with E-state index in [4.69, 9.17) is 14.2 Å². The maximum atomic E-state index is 11.1. The van der Waals surface area contributed by atoms with E-state index >= 15 is 0 Å². The van der Waals surface area contributed by atoms with Crippen molar-refractivity contribution in [3.05, 3.63) is 52.2 Å². The predicted molar refractivity (Wildman–Crippen MR) is 88.8 cm³/mol. The van der Waals surface area contributed by atoms with E-state index in [9.17, 15) is 10.1 Å². The number of aromatic nitrogens is 1. The van der Waals surface area contributed by atoms with Crippen LogP contribution in [-0.2, 0) is 10.3 Å². The van der Waals surface area contributed by atoms with Gasteiger partial charge in [-0.2, -0.15) is 0 Å². The lowest BCUT2D eigenvalue weighted by Gasteiger charge is -2.24. The summed E-state index contributed by atoms with van der Waals surface area (Å²) in [6.45, 7) is 2.65. The molecule has 0 bridgehead atoms. The van der Waals surface area contributed by atoms with Crippen molar-refractivity contribution in [2.24, 2.45) is 0 Å². The lowest BCUT2D eigenvalue weighted by Crippen LogP contribution is -2.24. The van der Waals surface area contributed by atoms with Gasteiger partial charge in [-0.25, -0.2) is 4.98 Å². The van der Waals surface area contributed by atoms with Crippen molar-refractivity contribution in [1.82, 2.24) is 4.98 Å². The van der Waals surface area contributed by atoms with Gasteiger partial charge in [-0.1, -0.05) is 6.07 Å². The van der Waals surface area contributed by atoms with Crippen LogP contribution in [0.25, 0.3) is 0 Å². The normalized spacial score (nSPS) is 24.3. The second-order valence-corrected chi connectivity index (χ2v) is 6.28. The minimum Gasteiger partial charge on any atom is -0.454 e. The topological polar surface area (TPSA) is 95.8 Å². The number of fused-ring (bicyclic) bond motifs is 1. The molecule has 3 heterocycles. The molecular formula is C17H17N3O5. The van der Waals surface area contributed by atoms with E-state index in [1.807, 2.05) is 25.1 Å². The van der Waals surface area contributed by atoms with Crippen molar-refractivity contribution in [2.75, 3.05) is 18.7 Å². The van der Waals surface area contributed by atoms with E-state index in [1.165, 1.54) is 12.3 Å². The summed E-state index contributed by atoms with van der Waals surface area (Å²) >= 11 is 0. The first-order valence-electron chi connectivity index (χ1n) is 7.95. The second-order valence-electron chi connectivity index (χ2n) is 6.28. The maximum absolute atomic E-state index is 11.1. The zero-order valence-electron chi connectivity index (χ0n) is 13.6. The highest BCUT2D eigenvalue weighted by Crippen LogP contribution is 2.42. The standard InChI is InChI=1S/C17H17N3O5/c1-17(11-4-5-14-15(7-11)24-10-23-14)8-12(9-25-17)19-16-13(20(21)22)3-2-6-18-16/h2-7,12H,8-10H2,1H3,(H,18,19). The summed E-state index contributed by atoms with van der Waals surface area (Å²) < 4.78 is 16.8. The third kappa shape index (κ3) is 2.85. The Hall–Kier alpha value is -2.87. The Bertz CT molecular complexity index is 828. The van der Waals surface area contributed by atoms with Gasteiger partial charge in [0.2, 0.25) is 12.6 Å². The minimum absolute atomic E-state index is 0.0424. The van der Waals surface area contributed by atoms with Gasteiger partial charge in [0, 0.05) is 18.7 Å². The number of anilines is 1. The van der Waals surface area contributed by atoms with Gasteiger partial charge in [0.15, 0.2) is 11.5 Å². The first kappa shape index (κ1) is 15.6.